The highest BCUT2D eigenvalue weighted by Crippen LogP contribution is 2.18. The Morgan fingerprint density at radius 3 is 2.93 bits per heavy atom. The molecule has 1 aromatic carbocycles. The van der Waals surface area contributed by atoms with E-state index < -0.39 is 0 Å². The van der Waals surface area contributed by atoms with Crippen LogP contribution in [-0.4, -0.2) is 48.4 Å². The van der Waals surface area contributed by atoms with Gasteiger partial charge in [0, 0.05) is 50.7 Å². The predicted octanol–water partition coefficient (Wildman–Crippen LogP) is 2.06. The smallest absolute Gasteiger partial charge is 0.221 e. The van der Waals surface area contributed by atoms with Crippen molar-refractivity contribution in [2.24, 2.45) is 16.6 Å². The number of amides is 1. The highest BCUT2D eigenvalue weighted by Gasteiger charge is 2.23. The van der Waals surface area contributed by atoms with Crippen molar-refractivity contribution in [2.75, 3.05) is 26.7 Å². The van der Waals surface area contributed by atoms with E-state index in [0.29, 0.717) is 6.54 Å². The zero-order valence-corrected chi connectivity index (χ0v) is 18.7. The first-order chi connectivity index (χ1) is 14.5. The van der Waals surface area contributed by atoms with Gasteiger partial charge in [0.25, 0.3) is 0 Å². The number of nitrogens with one attached hydrogen (secondary N) is 2. The molecule has 8 heteroatoms. The molecule has 1 amide bonds. The molecule has 0 spiro atoms. The zero-order chi connectivity index (χ0) is 21.3. The molecule has 1 fully saturated rings. The molecule has 1 aliphatic heterocycles. The molecule has 2 aromatic rings. The van der Waals surface area contributed by atoms with Crippen molar-refractivity contribution < 1.29 is 4.79 Å². The largest absolute Gasteiger partial charge is 0.369 e. The van der Waals surface area contributed by atoms with E-state index in [0.717, 1.165) is 56.4 Å². The quantitative estimate of drug-likeness (QED) is 0.442. The maximum atomic E-state index is 11.5. The first-order valence-electron chi connectivity index (χ1n) is 10.5. The number of benzene rings is 1. The van der Waals surface area contributed by atoms with Crippen LogP contribution in [0.25, 0.3) is 0 Å². The van der Waals surface area contributed by atoms with Crippen molar-refractivity contribution >= 4 is 23.2 Å². The molecule has 7 nitrogen and oxygen atoms in total. The zero-order valence-electron chi connectivity index (χ0n) is 17.9. The number of carbonyl (C=O) groups excluding carboxylic acids is 1. The van der Waals surface area contributed by atoms with E-state index in [2.05, 4.69) is 56.7 Å². The molecule has 4 N–H and O–H groups in total. The van der Waals surface area contributed by atoms with Crippen molar-refractivity contribution in [3.8, 4) is 0 Å². The fraction of sp³-hybridized carbons (Fsp3) is 0.500. The minimum Gasteiger partial charge on any atom is -0.369 e. The number of likely N-dealkylation sites (tertiary alicyclic amines) is 1. The van der Waals surface area contributed by atoms with E-state index in [1.165, 1.54) is 16.0 Å². The van der Waals surface area contributed by atoms with Crippen molar-refractivity contribution in [1.29, 1.82) is 0 Å². The third-order valence-corrected chi connectivity index (χ3v) is 6.26. The number of nitrogens with two attached hydrogens (primary N) is 1. The number of rotatable bonds is 8. The highest BCUT2D eigenvalue weighted by molar-refractivity contribution is 7.11. The number of aromatic nitrogens is 1. The van der Waals surface area contributed by atoms with Crippen molar-refractivity contribution in [3.63, 3.8) is 0 Å². The Kier molecular flexibility index (Phi) is 8.21. The first kappa shape index (κ1) is 22.2. The Morgan fingerprint density at radius 1 is 1.37 bits per heavy atom. The van der Waals surface area contributed by atoms with Gasteiger partial charge in [-0.15, -0.1) is 11.3 Å². The van der Waals surface area contributed by atoms with Crippen molar-refractivity contribution in [3.05, 3.63) is 51.5 Å². The Labute approximate surface area is 182 Å². The number of primary amides is 1. The Bertz CT molecular complexity index is 865. The molecule has 3 rings (SSSR count). The molecule has 1 aliphatic rings. The summed E-state index contributed by atoms with van der Waals surface area (Å²) in [5.74, 6) is 0.585. The lowest BCUT2D eigenvalue weighted by Crippen LogP contribution is -2.40. The molecule has 0 saturated carbocycles. The summed E-state index contributed by atoms with van der Waals surface area (Å²) in [6.07, 6.45) is 4.73. The number of hydrogen-bond donors (Lipinski definition) is 3. The van der Waals surface area contributed by atoms with Gasteiger partial charge in [0.05, 0.1) is 10.9 Å². The van der Waals surface area contributed by atoms with Gasteiger partial charge in [0.2, 0.25) is 5.91 Å². The van der Waals surface area contributed by atoms with Gasteiger partial charge in [-0.1, -0.05) is 24.3 Å². The van der Waals surface area contributed by atoms with Crippen LogP contribution in [0.3, 0.4) is 0 Å². The Hall–Kier alpha value is -2.45. The molecule has 1 aromatic heterocycles. The molecule has 1 atom stereocenters. The summed E-state index contributed by atoms with van der Waals surface area (Å²) in [5.41, 5.74) is 7.96. The van der Waals surface area contributed by atoms with E-state index in [-0.39, 0.29) is 11.8 Å². The molecule has 0 bridgehead atoms. The normalized spacial score (nSPS) is 17.7. The summed E-state index contributed by atoms with van der Waals surface area (Å²) in [5, 5.41) is 7.86. The van der Waals surface area contributed by atoms with Crippen molar-refractivity contribution in [2.45, 2.75) is 39.3 Å². The van der Waals surface area contributed by atoms with E-state index in [4.69, 9.17) is 5.73 Å². The number of aryl methyl sites for hydroxylation is 1. The van der Waals surface area contributed by atoms with Gasteiger partial charge in [-0.3, -0.25) is 14.7 Å². The molecular weight excluding hydrogens is 396 g/mol. The third kappa shape index (κ3) is 6.81. The molecule has 162 valence electrons. The summed E-state index contributed by atoms with van der Waals surface area (Å²) >= 11 is 1.73. The van der Waals surface area contributed by atoms with E-state index in [1.807, 2.05) is 6.20 Å². The summed E-state index contributed by atoms with van der Waals surface area (Å²) in [4.78, 5) is 23.8. The maximum Gasteiger partial charge on any atom is 0.221 e. The Balaban J connectivity index is 1.46. The molecule has 1 saturated heterocycles. The van der Waals surface area contributed by atoms with Crippen LogP contribution in [0.5, 0.6) is 0 Å². The van der Waals surface area contributed by atoms with E-state index in [9.17, 15) is 4.79 Å². The van der Waals surface area contributed by atoms with Gasteiger partial charge in [-0.2, -0.15) is 0 Å². The SMILES string of the molecule is CN=C(NCCc1ncc(C)s1)NCc1cccc(CN2CCCC(C(N)=O)C2)c1. The monoisotopic (exact) mass is 428 g/mol. The molecular formula is C22H32N6OS. The highest BCUT2D eigenvalue weighted by atomic mass is 32.1. The molecule has 1 unspecified atom stereocenters. The standard InChI is InChI=1S/C22H32N6OS/c1-16-12-26-20(30-16)8-9-25-22(24-2)27-13-17-5-3-6-18(11-17)14-28-10-4-7-19(15-28)21(23)29/h3,5-6,11-12,19H,4,7-10,13-15H2,1-2H3,(H2,23,29)(H2,24,25,27). The molecule has 0 aliphatic carbocycles. The minimum atomic E-state index is -0.179. The summed E-state index contributed by atoms with van der Waals surface area (Å²) in [6.45, 7) is 6.19. The number of hydrogen-bond acceptors (Lipinski definition) is 5. The third-order valence-electron chi connectivity index (χ3n) is 5.29. The van der Waals surface area contributed by atoms with Crippen molar-refractivity contribution in [1.82, 2.24) is 20.5 Å². The average molecular weight is 429 g/mol. The van der Waals surface area contributed by atoms with Crippen LogP contribution in [0.4, 0.5) is 0 Å². The lowest BCUT2D eigenvalue weighted by atomic mass is 9.97. The van der Waals surface area contributed by atoms with Crippen LogP contribution in [-0.2, 0) is 24.3 Å². The minimum absolute atomic E-state index is 0.0220. The second kappa shape index (κ2) is 11.1. The summed E-state index contributed by atoms with van der Waals surface area (Å²) < 4.78 is 0. The summed E-state index contributed by atoms with van der Waals surface area (Å²) in [6, 6.07) is 8.56. The fourth-order valence-electron chi connectivity index (χ4n) is 3.74. The first-order valence-corrected chi connectivity index (χ1v) is 11.3. The number of aliphatic imine (C=N–C) groups is 1. The van der Waals surface area contributed by atoms with Gasteiger partial charge in [-0.05, 0) is 37.4 Å². The van der Waals surface area contributed by atoms with Crippen LogP contribution in [0.1, 0.15) is 33.9 Å². The summed E-state index contributed by atoms with van der Waals surface area (Å²) in [7, 11) is 1.78. The fourth-order valence-corrected chi connectivity index (χ4v) is 4.53. The molecule has 2 heterocycles. The second-order valence-electron chi connectivity index (χ2n) is 7.76. The van der Waals surface area contributed by atoms with Crippen LogP contribution in [0, 0.1) is 12.8 Å². The van der Waals surface area contributed by atoms with Gasteiger partial charge >= 0.3 is 0 Å². The number of piperidine rings is 1. The number of nitrogens with zero attached hydrogens (tertiary/aromatic N) is 3. The topological polar surface area (TPSA) is 95.6 Å². The predicted molar refractivity (Wildman–Crippen MR) is 122 cm³/mol. The molecule has 0 radical (unpaired) electrons. The lowest BCUT2D eigenvalue weighted by Gasteiger charge is -2.31. The molecule has 30 heavy (non-hydrogen) atoms. The lowest BCUT2D eigenvalue weighted by molar-refractivity contribution is -0.123. The van der Waals surface area contributed by atoms with Crippen LogP contribution in [0.2, 0.25) is 0 Å². The van der Waals surface area contributed by atoms with E-state index >= 15 is 0 Å². The van der Waals surface area contributed by atoms with Gasteiger partial charge in [0.1, 0.15) is 0 Å². The maximum absolute atomic E-state index is 11.5. The second-order valence-corrected chi connectivity index (χ2v) is 9.08. The van der Waals surface area contributed by atoms with Crippen LogP contribution in [0.15, 0.2) is 35.5 Å². The average Bonchev–Trinajstić information content (AvgIpc) is 3.16. The van der Waals surface area contributed by atoms with Gasteiger partial charge in [-0.25, -0.2) is 4.98 Å². The number of guanidine groups is 1. The van der Waals surface area contributed by atoms with Gasteiger partial charge < -0.3 is 16.4 Å². The van der Waals surface area contributed by atoms with E-state index in [1.54, 1.807) is 18.4 Å². The van der Waals surface area contributed by atoms with Crippen LogP contribution >= 0.6 is 11.3 Å². The van der Waals surface area contributed by atoms with Gasteiger partial charge in [0.15, 0.2) is 5.96 Å². The van der Waals surface area contributed by atoms with Crippen LogP contribution < -0.4 is 16.4 Å². The number of thiazole rings is 1. The Morgan fingerprint density at radius 2 is 2.20 bits per heavy atom. The number of carbonyl (C=O) groups is 1.